The highest BCUT2D eigenvalue weighted by molar-refractivity contribution is 6.74. The molecule has 0 spiro atoms. The zero-order valence-corrected chi connectivity index (χ0v) is 26.4. The van der Waals surface area contributed by atoms with Crippen molar-refractivity contribution in [2.24, 2.45) is 0 Å². The maximum atomic E-state index is 13.2. The number of ether oxygens (including phenoxy) is 2. The Bertz CT molecular complexity index is 962. The lowest BCUT2D eigenvalue weighted by atomic mass is 10.2. The van der Waals surface area contributed by atoms with Crippen molar-refractivity contribution in [3.8, 4) is 0 Å². The van der Waals surface area contributed by atoms with Gasteiger partial charge in [-0.15, -0.1) is 0 Å². The van der Waals surface area contributed by atoms with E-state index < -0.39 is 22.9 Å². The minimum absolute atomic E-state index is 0.0741. The van der Waals surface area contributed by atoms with Gasteiger partial charge >= 0.3 is 5.69 Å². The third-order valence-corrected chi connectivity index (χ3v) is 17.6. The SMILES string of the molecule is Cc1cn([C@H]2C[C@H](O[Si](C)(C)C(C)(C)C)[C@@H](CO[Si](C)(C)C(C)(C)C)O2)c(=O)nc1N1CCOCC1. The smallest absolute Gasteiger partial charge is 0.351 e. The highest BCUT2D eigenvalue weighted by Crippen LogP contribution is 2.42. The molecule has 3 rings (SSSR count). The summed E-state index contributed by atoms with van der Waals surface area (Å²) in [7, 11) is -4.02. The number of nitrogens with zero attached hydrogens (tertiary/aromatic N) is 3. The molecule has 0 saturated carbocycles. The molecule has 0 bridgehead atoms. The van der Waals surface area contributed by atoms with Crippen LogP contribution >= 0.6 is 0 Å². The van der Waals surface area contributed by atoms with Crippen molar-refractivity contribution < 1.29 is 18.3 Å². The molecule has 0 aliphatic carbocycles. The summed E-state index contributed by atoms with van der Waals surface area (Å²) in [5.74, 6) is 0.740. The number of anilines is 1. The highest BCUT2D eigenvalue weighted by Gasteiger charge is 2.46. The predicted octanol–water partition coefficient (Wildman–Crippen LogP) is 5.09. The molecule has 0 aromatic carbocycles. The van der Waals surface area contributed by atoms with Crippen LogP contribution in [-0.2, 0) is 18.3 Å². The van der Waals surface area contributed by atoms with Crippen molar-refractivity contribution in [2.75, 3.05) is 37.8 Å². The Morgan fingerprint density at radius 3 is 2.17 bits per heavy atom. The van der Waals surface area contributed by atoms with Crippen LogP contribution in [0.5, 0.6) is 0 Å². The van der Waals surface area contributed by atoms with Gasteiger partial charge in [-0.3, -0.25) is 4.57 Å². The Morgan fingerprint density at radius 2 is 1.61 bits per heavy atom. The maximum absolute atomic E-state index is 13.2. The van der Waals surface area contributed by atoms with Gasteiger partial charge in [0.25, 0.3) is 0 Å². The molecule has 2 saturated heterocycles. The minimum atomic E-state index is -2.06. The molecule has 1 aromatic rings. The van der Waals surface area contributed by atoms with E-state index in [9.17, 15) is 4.79 Å². The standard InChI is InChI=1S/C26H49N3O5Si2/c1-19-17-29(24(30)27-23(19)28-12-14-31-15-13-28)22-16-20(34-36(10,11)26(5,6)7)21(33-22)18-32-35(8,9)25(2,3)4/h17,20-22H,12-16,18H2,1-11H3/t20-,21+,22+/m0/s1. The first-order valence-electron chi connectivity index (χ1n) is 13.3. The van der Waals surface area contributed by atoms with Gasteiger partial charge in [-0.05, 0) is 43.2 Å². The summed E-state index contributed by atoms with van der Waals surface area (Å²) < 4.78 is 27.1. The Balaban J connectivity index is 1.86. The normalized spacial score (nSPS) is 24.4. The molecule has 2 fully saturated rings. The third kappa shape index (κ3) is 6.50. The molecule has 0 N–H and O–H groups in total. The summed E-state index contributed by atoms with van der Waals surface area (Å²) >= 11 is 0. The third-order valence-electron chi connectivity index (χ3n) is 8.58. The van der Waals surface area contributed by atoms with E-state index in [2.05, 4.69) is 77.6 Å². The average molecular weight is 540 g/mol. The second-order valence-electron chi connectivity index (χ2n) is 13.4. The van der Waals surface area contributed by atoms with Gasteiger partial charge in [-0.1, -0.05) is 41.5 Å². The van der Waals surface area contributed by atoms with E-state index in [1.54, 1.807) is 4.57 Å². The van der Waals surface area contributed by atoms with Crippen molar-refractivity contribution in [3.63, 3.8) is 0 Å². The number of morpholine rings is 1. The number of aromatic nitrogens is 2. The second-order valence-corrected chi connectivity index (χ2v) is 23.0. The van der Waals surface area contributed by atoms with Crippen LogP contribution in [0.1, 0.15) is 59.8 Å². The second kappa shape index (κ2) is 10.6. The van der Waals surface area contributed by atoms with Crippen LogP contribution in [0.15, 0.2) is 11.0 Å². The van der Waals surface area contributed by atoms with Crippen LogP contribution in [0.25, 0.3) is 0 Å². The molecule has 36 heavy (non-hydrogen) atoms. The molecule has 8 nitrogen and oxygen atoms in total. The lowest BCUT2D eigenvalue weighted by Gasteiger charge is -2.40. The Labute approximate surface area is 219 Å². The van der Waals surface area contributed by atoms with Crippen LogP contribution in [0.2, 0.25) is 36.3 Å². The monoisotopic (exact) mass is 539 g/mol. The van der Waals surface area contributed by atoms with Crippen molar-refractivity contribution >= 4 is 22.5 Å². The van der Waals surface area contributed by atoms with Crippen molar-refractivity contribution in [1.29, 1.82) is 0 Å². The van der Waals surface area contributed by atoms with Crippen molar-refractivity contribution in [3.05, 3.63) is 22.2 Å². The van der Waals surface area contributed by atoms with Gasteiger partial charge in [-0.25, -0.2) is 4.79 Å². The summed E-state index contributed by atoms with van der Waals surface area (Å²) in [6, 6.07) is 0. The topological polar surface area (TPSA) is 75.1 Å². The predicted molar refractivity (Wildman–Crippen MR) is 150 cm³/mol. The van der Waals surface area contributed by atoms with E-state index >= 15 is 0 Å². The molecule has 10 heteroatoms. The molecule has 0 radical (unpaired) electrons. The lowest BCUT2D eigenvalue weighted by molar-refractivity contribution is -0.0412. The summed E-state index contributed by atoms with van der Waals surface area (Å²) in [5, 5.41) is 0.179. The zero-order chi connectivity index (χ0) is 27.1. The summed E-state index contributed by atoms with van der Waals surface area (Å²) in [6.07, 6.45) is 1.71. The molecule has 1 aromatic heterocycles. The maximum Gasteiger partial charge on any atom is 0.351 e. The Morgan fingerprint density at radius 1 is 1.03 bits per heavy atom. The van der Waals surface area contributed by atoms with Gasteiger partial charge in [0.1, 0.15) is 18.1 Å². The molecule has 3 heterocycles. The van der Waals surface area contributed by atoms with Gasteiger partial charge in [0.05, 0.1) is 25.9 Å². The summed E-state index contributed by atoms with van der Waals surface area (Å²) in [4.78, 5) is 19.8. The van der Waals surface area contributed by atoms with E-state index in [4.69, 9.17) is 18.3 Å². The molecule has 2 aliphatic heterocycles. The van der Waals surface area contributed by atoms with Gasteiger partial charge in [-0.2, -0.15) is 4.98 Å². The molecule has 206 valence electrons. The van der Waals surface area contributed by atoms with Crippen LogP contribution in [0, 0.1) is 6.92 Å². The summed E-state index contributed by atoms with van der Waals surface area (Å²) in [5.41, 5.74) is 0.673. The summed E-state index contributed by atoms with van der Waals surface area (Å²) in [6.45, 7) is 27.8. The fraction of sp³-hybridized carbons (Fsp3) is 0.846. The van der Waals surface area contributed by atoms with Crippen molar-refractivity contribution in [1.82, 2.24) is 9.55 Å². The minimum Gasteiger partial charge on any atom is -0.414 e. The number of aryl methyl sites for hydroxylation is 1. The van der Waals surface area contributed by atoms with Crippen LogP contribution in [0.4, 0.5) is 5.82 Å². The van der Waals surface area contributed by atoms with Gasteiger partial charge < -0.3 is 23.2 Å². The van der Waals surface area contributed by atoms with Crippen LogP contribution < -0.4 is 10.6 Å². The van der Waals surface area contributed by atoms with E-state index in [0.717, 1.165) is 24.5 Å². The van der Waals surface area contributed by atoms with E-state index in [-0.39, 0.29) is 28.0 Å². The molecular weight excluding hydrogens is 490 g/mol. The number of rotatable bonds is 7. The van der Waals surface area contributed by atoms with E-state index in [0.29, 0.717) is 26.2 Å². The van der Waals surface area contributed by atoms with Gasteiger partial charge in [0, 0.05) is 31.3 Å². The molecule has 0 unspecified atom stereocenters. The fourth-order valence-corrected chi connectivity index (χ4v) is 6.44. The fourth-order valence-electron chi connectivity index (χ4n) is 4.07. The Kier molecular flexibility index (Phi) is 8.70. The molecule has 3 atom stereocenters. The Hall–Kier alpha value is -1.05. The molecule has 2 aliphatic rings. The first-order valence-corrected chi connectivity index (χ1v) is 19.1. The van der Waals surface area contributed by atoms with Crippen LogP contribution in [0.3, 0.4) is 0 Å². The van der Waals surface area contributed by atoms with Crippen molar-refractivity contribution in [2.45, 2.75) is 110 Å². The average Bonchev–Trinajstić information content (AvgIpc) is 3.14. The van der Waals surface area contributed by atoms with Gasteiger partial charge in [0.2, 0.25) is 0 Å². The van der Waals surface area contributed by atoms with Crippen LogP contribution in [-0.4, -0.2) is 71.3 Å². The number of hydrogen-bond acceptors (Lipinski definition) is 7. The molecular formula is C26H49N3O5Si2. The lowest BCUT2D eigenvalue weighted by Crippen LogP contribution is -2.48. The largest absolute Gasteiger partial charge is 0.414 e. The quantitative estimate of drug-likeness (QED) is 0.447. The van der Waals surface area contributed by atoms with E-state index in [1.807, 2.05) is 13.1 Å². The first kappa shape index (κ1) is 29.5. The van der Waals surface area contributed by atoms with E-state index in [1.165, 1.54) is 0 Å². The number of hydrogen-bond donors (Lipinski definition) is 0. The first-order chi connectivity index (χ1) is 16.4. The molecule has 0 amide bonds. The van der Waals surface area contributed by atoms with Gasteiger partial charge in [0.15, 0.2) is 16.6 Å². The highest BCUT2D eigenvalue weighted by atomic mass is 28.4. The zero-order valence-electron chi connectivity index (χ0n) is 24.4.